The van der Waals surface area contributed by atoms with Gasteiger partial charge in [0.05, 0.1) is 0 Å². The van der Waals surface area contributed by atoms with E-state index in [1.54, 1.807) is 0 Å². The third-order valence-corrected chi connectivity index (χ3v) is 5.29. The van der Waals surface area contributed by atoms with Crippen molar-refractivity contribution in [2.75, 3.05) is 39.3 Å². The molecule has 2 fully saturated rings. The molecular formula is C20H32N2O2. The van der Waals surface area contributed by atoms with E-state index in [2.05, 4.69) is 22.8 Å². The number of rotatable bonds is 7. The Morgan fingerprint density at radius 2 is 2.00 bits per heavy atom. The molecule has 2 atom stereocenters. The molecule has 134 valence electrons. The minimum absolute atomic E-state index is 0.371. The fraction of sp³-hybridized carbons (Fsp3) is 0.700. The normalized spacial score (nSPS) is 24.2. The Hall–Kier alpha value is -1.10. The second-order valence-electron chi connectivity index (χ2n) is 7.43. The molecule has 3 rings (SSSR count). The Labute approximate surface area is 146 Å². The maximum absolute atomic E-state index is 10.4. The lowest BCUT2D eigenvalue weighted by Crippen LogP contribution is -2.45. The van der Waals surface area contributed by atoms with Crippen LogP contribution in [0, 0.1) is 6.92 Å². The van der Waals surface area contributed by atoms with E-state index in [-0.39, 0.29) is 0 Å². The van der Waals surface area contributed by atoms with Crippen molar-refractivity contribution >= 4 is 0 Å². The molecule has 0 radical (unpaired) electrons. The highest BCUT2D eigenvalue weighted by Gasteiger charge is 2.28. The van der Waals surface area contributed by atoms with Crippen molar-refractivity contribution in [1.29, 1.82) is 0 Å². The number of nitrogens with zero attached hydrogens (tertiary/aromatic N) is 2. The van der Waals surface area contributed by atoms with Gasteiger partial charge in [0, 0.05) is 19.1 Å². The molecule has 2 heterocycles. The molecule has 2 unspecified atom stereocenters. The van der Waals surface area contributed by atoms with Crippen molar-refractivity contribution in [2.24, 2.45) is 0 Å². The molecule has 4 heteroatoms. The molecule has 2 saturated heterocycles. The summed E-state index contributed by atoms with van der Waals surface area (Å²) in [4.78, 5) is 5.08. The highest BCUT2D eigenvalue weighted by atomic mass is 16.5. The Balaban J connectivity index is 1.43. The Bertz CT molecular complexity index is 502. The summed E-state index contributed by atoms with van der Waals surface area (Å²) in [6.45, 7) is 7.94. The molecule has 0 aliphatic carbocycles. The first-order valence-electron chi connectivity index (χ1n) is 9.54. The number of ether oxygens (including phenoxy) is 1. The van der Waals surface area contributed by atoms with Gasteiger partial charge >= 0.3 is 0 Å². The summed E-state index contributed by atoms with van der Waals surface area (Å²) in [5.41, 5.74) is 1.18. The van der Waals surface area contributed by atoms with E-state index >= 15 is 0 Å². The highest BCUT2D eigenvalue weighted by molar-refractivity contribution is 5.27. The van der Waals surface area contributed by atoms with Crippen LogP contribution in [0.5, 0.6) is 5.75 Å². The third-order valence-electron chi connectivity index (χ3n) is 5.29. The molecule has 2 aliphatic rings. The summed E-state index contributed by atoms with van der Waals surface area (Å²) < 4.78 is 5.76. The molecule has 1 N–H and O–H groups in total. The number of piperidine rings is 1. The van der Waals surface area contributed by atoms with E-state index in [4.69, 9.17) is 4.74 Å². The fourth-order valence-corrected chi connectivity index (χ4v) is 4.00. The van der Waals surface area contributed by atoms with Crippen LogP contribution in [-0.2, 0) is 0 Å². The van der Waals surface area contributed by atoms with E-state index < -0.39 is 6.10 Å². The summed E-state index contributed by atoms with van der Waals surface area (Å²) in [6.07, 6.45) is 6.18. The second-order valence-corrected chi connectivity index (χ2v) is 7.43. The molecule has 0 spiro atoms. The first-order valence-corrected chi connectivity index (χ1v) is 9.54. The van der Waals surface area contributed by atoms with Crippen LogP contribution in [0.1, 0.15) is 37.7 Å². The smallest absolute Gasteiger partial charge is 0.119 e. The Kier molecular flexibility index (Phi) is 6.52. The Morgan fingerprint density at radius 1 is 1.17 bits per heavy atom. The highest BCUT2D eigenvalue weighted by Crippen LogP contribution is 2.21. The number of likely N-dealkylation sites (tertiary alicyclic amines) is 2. The monoisotopic (exact) mass is 332 g/mol. The van der Waals surface area contributed by atoms with Crippen molar-refractivity contribution < 1.29 is 9.84 Å². The van der Waals surface area contributed by atoms with Gasteiger partial charge in [-0.15, -0.1) is 0 Å². The maximum Gasteiger partial charge on any atom is 0.119 e. The minimum atomic E-state index is -0.424. The van der Waals surface area contributed by atoms with Crippen LogP contribution in [0.2, 0.25) is 0 Å². The van der Waals surface area contributed by atoms with Gasteiger partial charge in [0.25, 0.3) is 0 Å². The van der Waals surface area contributed by atoms with Gasteiger partial charge in [-0.25, -0.2) is 0 Å². The van der Waals surface area contributed by atoms with Crippen LogP contribution >= 0.6 is 0 Å². The molecule has 0 amide bonds. The van der Waals surface area contributed by atoms with Crippen molar-refractivity contribution in [3.63, 3.8) is 0 Å². The van der Waals surface area contributed by atoms with Crippen LogP contribution in [0.15, 0.2) is 24.3 Å². The molecular weight excluding hydrogens is 300 g/mol. The van der Waals surface area contributed by atoms with Crippen LogP contribution in [0.25, 0.3) is 0 Å². The van der Waals surface area contributed by atoms with Gasteiger partial charge in [-0.2, -0.15) is 0 Å². The lowest BCUT2D eigenvalue weighted by atomic mass is 10.1. The SMILES string of the molecule is Cc1cccc(OCC(O)CN2CCCC2CN2CCCCC2)c1. The van der Waals surface area contributed by atoms with E-state index in [1.165, 1.54) is 57.3 Å². The topological polar surface area (TPSA) is 35.9 Å². The van der Waals surface area contributed by atoms with E-state index in [1.807, 2.05) is 18.2 Å². The fourth-order valence-electron chi connectivity index (χ4n) is 4.00. The minimum Gasteiger partial charge on any atom is -0.491 e. The average Bonchev–Trinajstić information content (AvgIpc) is 3.01. The second kappa shape index (κ2) is 8.84. The molecule has 0 saturated carbocycles. The summed E-state index contributed by atoms with van der Waals surface area (Å²) in [5.74, 6) is 0.848. The van der Waals surface area contributed by atoms with E-state index in [0.29, 0.717) is 12.6 Å². The molecule has 0 aromatic heterocycles. The van der Waals surface area contributed by atoms with Gasteiger partial charge in [-0.1, -0.05) is 18.6 Å². The summed E-state index contributed by atoms with van der Waals surface area (Å²) >= 11 is 0. The maximum atomic E-state index is 10.4. The van der Waals surface area contributed by atoms with Crippen LogP contribution in [0.4, 0.5) is 0 Å². The van der Waals surface area contributed by atoms with Gasteiger partial charge in [0.2, 0.25) is 0 Å². The Morgan fingerprint density at radius 3 is 2.79 bits per heavy atom. The standard InChI is InChI=1S/C20H32N2O2/c1-17-7-5-9-20(13-17)24-16-19(23)15-22-12-6-8-18(22)14-21-10-3-2-4-11-21/h5,7,9,13,18-19,23H,2-4,6,8,10-12,14-16H2,1H3. The zero-order valence-corrected chi connectivity index (χ0v) is 15.0. The van der Waals surface area contributed by atoms with Crippen LogP contribution < -0.4 is 4.74 Å². The first kappa shape index (κ1) is 17.7. The number of hydrogen-bond donors (Lipinski definition) is 1. The average molecular weight is 332 g/mol. The van der Waals surface area contributed by atoms with Crippen LogP contribution in [0.3, 0.4) is 0 Å². The van der Waals surface area contributed by atoms with Crippen molar-refractivity contribution in [3.8, 4) is 5.75 Å². The number of aliphatic hydroxyl groups excluding tert-OH is 1. The van der Waals surface area contributed by atoms with Gasteiger partial charge in [-0.3, -0.25) is 4.90 Å². The van der Waals surface area contributed by atoms with Gasteiger partial charge in [-0.05, 0) is 69.9 Å². The van der Waals surface area contributed by atoms with Crippen molar-refractivity contribution in [1.82, 2.24) is 9.80 Å². The largest absolute Gasteiger partial charge is 0.491 e. The predicted molar refractivity (Wildman–Crippen MR) is 97.6 cm³/mol. The first-order chi connectivity index (χ1) is 11.7. The molecule has 0 bridgehead atoms. The number of aryl methyl sites for hydroxylation is 1. The lowest BCUT2D eigenvalue weighted by Gasteiger charge is -2.33. The van der Waals surface area contributed by atoms with Crippen molar-refractivity contribution in [3.05, 3.63) is 29.8 Å². The van der Waals surface area contributed by atoms with E-state index in [0.717, 1.165) is 18.8 Å². The molecule has 2 aliphatic heterocycles. The third kappa shape index (κ3) is 5.20. The quantitative estimate of drug-likeness (QED) is 0.833. The molecule has 1 aromatic rings. The van der Waals surface area contributed by atoms with E-state index in [9.17, 15) is 5.11 Å². The summed E-state index contributed by atoms with van der Waals surface area (Å²) in [5, 5.41) is 10.4. The molecule has 1 aromatic carbocycles. The van der Waals surface area contributed by atoms with Crippen molar-refractivity contribution in [2.45, 2.75) is 51.2 Å². The number of benzene rings is 1. The zero-order chi connectivity index (χ0) is 16.8. The lowest BCUT2D eigenvalue weighted by molar-refractivity contribution is 0.0554. The summed E-state index contributed by atoms with van der Waals surface area (Å²) in [6, 6.07) is 8.62. The number of hydrogen-bond acceptors (Lipinski definition) is 4. The predicted octanol–water partition coefficient (Wildman–Crippen LogP) is 2.69. The summed E-state index contributed by atoms with van der Waals surface area (Å²) in [7, 11) is 0. The van der Waals surface area contributed by atoms with Gasteiger partial charge < -0.3 is 14.7 Å². The van der Waals surface area contributed by atoms with Crippen LogP contribution in [-0.4, -0.2) is 66.4 Å². The molecule has 4 nitrogen and oxygen atoms in total. The molecule has 24 heavy (non-hydrogen) atoms. The zero-order valence-electron chi connectivity index (χ0n) is 15.0. The van der Waals surface area contributed by atoms with Gasteiger partial charge in [0.15, 0.2) is 0 Å². The van der Waals surface area contributed by atoms with Gasteiger partial charge in [0.1, 0.15) is 18.5 Å². The number of β-amino-alcohol motifs (C(OH)–C–C–N with tert-alkyl or cyclic N) is 1. The number of aliphatic hydroxyl groups is 1.